The average molecular weight is 350 g/mol. The van der Waals surface area contributed by atoms with Crippen molar-refractivity contribution in [2.75, 3.05) is 18.1 Å². The number of benzene rings is 1. The van der Waals surface area contributed by atoms with Crippen LogP contribution in [0.15, 0.2) is 24.3 Å². The molecule has 20 heavy (non-hydrogen) atoms. The van der Waals surface area contributed by atoms with E-state index in [1.807, 2.05) is 12.1 Å². The fourth-order valence-corrected chi connectivity index (χ4v) is 5.62. The Morgan fingerprint density at radius 1 is 1.10 bits per heavy atom. The highest BCUT2D eigenvalue weighted by Gasteiger charge is 2.38. The molecule has 3 rings (SSSR count). The molecular formula is C15H21Cl2NS2. The van der Waals surface area contributed by atoms with Gasteiger partial charge in [0.15, 0.2) is 0 Å². The minimum absolute atomic E-state index is 0. The van der Waals surface area contributed by atoms with Gasteiger partial charge in [-0.15, -0.1) is 35.9 Å². The molecule has 5 heteroatoms. The quantitative estimate of drug-likeness (QED) is 0.827. The van der Waals surface area contributed by atoms with Crippen LogP contribution in [-0.2, 0) is 5.54 Å². The van der Waals surface area contributed by atoms with E-state index in [0.717, 1.165) is 16.1 Å². The van der Waals surface area contributed by atoms with Gasteiger partial charge >= 0.3 is 0 Å². The van der Waals surface area contributed by atoms with E-state index >= 15 is 0 Å². The van der Waals surface area contributed by atoms with E-state index in [0.29, 0.717) is 0 Å². The summed E-state index contributed by atoms with van der Waals surface area (Å²) in [6, 6.07) is 8.41. The van der Waals surface area contributed by atoms with Crippen LogP contribution in [0.5, 0.6) is 0 Å². The summed E-state index contributed by atoms with van der Waals surface area (Å²) in [6.45, 7) is 1.12. The topological polar surface area (TPSA) is 12.0 Å². The fourth-order valence-electron chi connectivity index (χ4n) is 2.80. The third-order valence-corrected chi connectivity index (χ3v) is 7.30. The second-order valence-corrected chi connectivity index (χ2v) is 8.70. The molecule has 2 fully saturated rings. The highest BCUT2D eigenvalue weighted by atomic mass is 35.5. The number of halogens is 2. The highest BCUT2D eigenvalue weighted by Crippen LogP contribution is 2.42. The molecule has 1 N–H and O–H groups in total. The summed E-state index contributed by atoms with van der Waals surface area (Å²) >= 11 is 10.2. The van der Waals surface area contributed by atoms with Gasteiger partial charge in [0.1, 0.15) is 0 Å². The largest absolute Gasteiger partial charge is 0.305 e. The van der Waals surface area contributed by atoms with Crippen LogP contribution in [0.4, 0.5) is 0 Å². The monoisotopic (exact) mass is 349 g/mol. The number of rotatable bonds is 4. The predicted octanol–water partition coefficient (Wildman–Crippen LogP) is 4.93. The molecule has 1 saturated carbocycles. The maximum atomic E-state index is 5.99. The smallest absolute Gasteiger partial charge is 0.0627 e. The lowest BCUT2D eigenvalue weighted by Crippen LogP contribution is -2.50. The lowest BCUT2D eigenvalue weighted by Gasteiger charge is -2.44. The molecule has 1 nitrogen and oxygen atoms in total. The number of hydrogen-bond acceptors (Lipinski definition) is 3. The second kappa shape index (κ2) is 7.64. The van der Waals surface area contributed by atoms with Crippen molar-refractivity contribution in [2.24, 2.45) is 0 Å². The molecule has 0 amide bonds. The van der Waals surface area contributed by atoms with Crippen LogP contribution in [0, 0.1) is 0 Å². The lowest BCUT2D eigenvalue weighted by atomic mass is 9.72. The highest BCUT2D eigenvalue weighted by molar-refractivity contribution is 8.17. The van der Waals surface area contributed by atoms with Crippen LogP contribution in [0.2, 0.25) is 5.02 Å². The van der Waals surface area contributed by atoms with Crippen molar-refractivity contribution < 1.29 is 0 Å². The summed E-state index contributed by atoms with van der Waals surface area (Å²) < 4.78 is 0.735. The molecule has 1 aromatic rings. The Hall–Kier alpha value is 0.460. The molecule has 0 bridgehead atoms. The van der Waals surface area contributed by atoms with Gasteiger partial charge in [0.2, 0.25) is 0 Å². The van der Waals surface area contributed by atoms with E-state index in [1.54, 1.807) is 0 Å². The molecule has 2 aliphatic rings. The van der Waals surface area contributed by atoms with Gasteiger partial charge in [-0.1, -0.05) is 23.7 Å². The maximum absolute atomic E-state index is 5.99. The van der Waals surface area contributed by atoms with Crippen LogP contribution in [-0.4, -0.2) is 22.6 Å². The Labute approximate surface area is 141 Å². The molecule has 112 valence electrons. The normalized spacial score (nSPS) is 21.9. The SMILES string of the molecule is Cl.Clc1ccc(C2(NCC3SCCCS3)CCC2)cc1. The Bertz CT molecular complexity index is 414. The van der Waals surface area contributed by atoms with Crippen LogP contribution < -0.4 is 5.32 Å². The molecule has 0 radical (unpaired) electrons. The number of hydrogen-bond donors (Lipinski definition) is 1. The first-order valence-corrected chi connectivity index (χ1v) is 9.50. The van der Waals surface area contributed by atoms with Crippen molar-refractivity contribution in [3.05, 3.63) is 34.9 Å². The minimum Gasteiger partial charge on any atom is -0.305 e. The average Bonchev–Trinajstić information content (AvgIpc) is 2.41. The second-order valence-electron chi connectivity index (χ2n) is 5.35. The van der Waals surface area contributed by atoms with Crippen molar-refractivity contribution in [1.29, 1.82) is 0 Å². The third-order valence-electron chi connectivity index (χ3n) is 4.11. The third kappa shape index (κ3) is 3.80. The van der Waals surface area contributed by atoms with E-state index in [1.165, 1.54) is 42.8 Å². The summed E-state index contributed by atoms with van der Waals surface area (Å²) in [7, 11) is 0. The molecule has 1 saturated heterocycles. The van der Waals surface area contributed by atoms with Crippen LogP contribution in [0.1, 0.15) is 31.2 Å². The molecule has 1 aliphatic carbocycles. The Balaban J connectivity index is 0.00000147. The lowest BCUT2D eigenvalue weighted by molar-refractivity contribution is 0.189. The molecular weight excluding hydrogens is 329 g/mol. The minimum atomic E-state index is 0. The fraction of sp³-hybridized carbons (Fsp3) is 0.600. The van der Waals surface area contributed by atoms with Gasteiger partial charge in [0.05, 0.1) is 4.58 Å². The van der Waals surface area contributed by atoms with Crippen molar-refractivity contribution in [2.45, 2.75) is 35.8 Å². The molecule has 0 aromatic heterocycles. The van der Waals surface area contributed by atoms with Gasteiger partial charge in [0.25, 0.3) is 0 Å². The summed E-state index contributed by atoms with van der Waals surface area (Å²) in [5, 5.41) is 4.68. The van der Waals surface area contributed by atoms with E-state index in [-0.39, 0.29) is 17.9 Å². The van der Waals surface area contributed by atoms with E-state index in [4.69, 9.17) is 11.6 Å². The first-order valence-electron chi connectivity index (χ1n) is 7.03. The Morgan fingerprint density at radius 2 is 1.75 bits per heavy atom. The van der Waals surface area contributed by atoms with Crippen molar-refractivity contribution in [3.63, 3.8) is 0 Å². The maximum Gasteiger partial charge on any atom is 0.0627 e. The van der Waals surface area contributed by atoms with Gasteiger partial charge in [-0.25, -0.2) is 0 Å². The zero-order chi connectivity index (χ0) is 13.1. The molecule has 1 heterocycles. The zero-order valence-electron chi connectivity index (χ0n) is 11.4. The van der Waals surface area contributed by atoms with Gasteiger partial charge in [-0.05, 0) is 54.9 Å². The number of thioether (sulfide) groups is 2. The molecule has 0 unspecified atom stereocenters. The predicted molar refractivity (Wildman–Crippen MR) is 95.6 cm³/mol. The molecule has 1 aliphatic heterocycles. The van der Waals surface area contributed by atoms with Crippen LogP contribution >= 0.6 is 47.5 Å². The van der Waals surface area contributed by atoms with Gasteiger partial charge in [-0.3, -0.25) is 0 Å². The van der Waals surface area contributed by atoms with Crippen molar-refractivity contribution in [3.8, 4) is 0 Å². The van der Waals surface area contributed by atoms with E-state index in [2.05, 4.69) is 41.0 Å². The summed E-state index contributed by atoms with van der Waals surface area (Å²) in [5.74, 6) is 2.65. The Kier molecular flexibility index (Phi) is 6.43. The van der Waals surface area contributed by atoms with E-state index in [9.17, 15) is 0 Å². The summed E-state index contributed by atoms with van der Waals surface area (Å²) in [6.07, 6.45) is 5.22. The van der Waals surface area contributed by atoms with Crippen LogP contribution in [0.25, 0.3) is 0 Å². The molecule has 0 atom stereocenters. The first-order chi connectivity index (χ1) is 9.28. The summed E-state index contributed by atoms with van der Waals surface area (Å²) in [5.41, 5.74) is 1.64. The Morgan fingerprint density at radius 3 is 2.30 bits per heavy atom. The van der Waals surface area contributed by atoms with E-state index < -0.39 is 0 Å². The van der Waals surface area contributed by atoms with Gasteiger partial charge < -0.3 is 5.32 Å². The van der Waals surface area contributed by atoms with Crippen molar-refractivity contribution in [1.82, 2.24) is 5.32 Å². The van der Waals surface area contributed by atoms with Gasteiger partial charge in [0, 0.05) is 17.1 Å². The molecule has 0 spiro atoms. The zero-order valence-corrected chi connectivity index (χ0v) is 14.6. The summed E-state index contributed by atoms with van der Waals surface area (Å²) in [4.78, 5) is 0. The number of nitrogens with one attached hydrogen (secondary N) is 1. The van der Waals surface area contributed by atoms with Gasteiger partial charge in [-0.2, -0.15) is 0 Å². The standard InChI is InChI=1S/C15H20ClNS2.ClH/c16-13-5-3-12(4-6-13)15(7-1-8-15)17-11-14-18-9-2-10-19-14;/h3-6,14,17H,1-2,7-11H2;1H. The first kappa shape index (κ1) is 16.8. The van der Waals surface area contributed by atoms with Crippen molar-refractivity contribution >= 4 is 47.5 Å². The molecule has 1 aromatic carbocycles. The van der Waals surface area contributed by atoms with Crippen LogP contribution in [0.3, 0.4) is 0 Å².